The molecule has 1 aliphatic carbocycles. The monoisotopic (exact) mass is 710 g/mol. The zero-order valence-electron chi connectivity index (χ0n) is 27.9. The number of esters is 3. The highest BCUT2D eigenvalue weighted by molar-refractivity contribution is 5.98. The Morgan fingerprint density at radius 2 is 1.86 bits per heavy atom. The van der Waals surface area contributed by atoms with E-state index in [0.29, 0.717) is 12.8 Å². The Morgan fingerprint density at radius 1 is 1.12 bits per heavy atom. The molecule has 5 atom stereocenters. The number of nitrogens with zero attached hydrogens (tertiary/aromatic N) is 1. The maximum Gasteiger partial charge on any atom is 0.422 e. The van der Waals surface area contributed by atoms with Gasteiger partial charge in [-0.3, -0.25) is 14.4 Å². The third-order valence-corrected chi connectivity index (χ3v) is 7.99. The molecule has 0 saturated carbocycles. The smallest absolute Gasteiger partial charge is 0.422 e. The van der Waals surface area contributed by atoms with Gasteiger partial charge in [0.1, 0.15) is 36.7 Å². The molecule has 2 amide bonds. The molecule has 2 aliphatic heterocycles. The van der Waals surface area contributed by atoms with Gasteiger partial charge in [0.2, 0.25) is 11.8 Å². The van der Waals surface area contributed by atoms with Crippen molar-refractivity contribution in [3.8, 4) is 0 Å². The normalized spacial score (nSPS) is 22.8. The Hall–Kier alpha value is -4.28. The second kappa shape index (κ2) is 16.6. The molecule has 0 aromatic heterocycles. The summed E-state index contributed by atoms with van der Waals surface area (Å²) in [6.07, 6.45) is -2.76. The van der Waals surface area contributed by atoms with Crippen molar-refractivity contribution < 1.29 is 65.9 Å². The van der Waals surface area contributed by atoms with Gasteiger partial charge in [-0.1, -0.05) is 18.2 Å². The number of nitrogens with one attached hydrogen (secondary N) is 1. The topological polar surface area (TPSA) is 167 Å². The van der Waals surface area contributed by atoms with Crippen LogP contribution in [0.25, 0.3) is 6.08 Å². The molecule has 274 valence electrons. The van der Waals surface area contributed by atoms with Crippen LogP contribution >= 0.6 is 0 Å². The summed E-state index contributed by atoms with van der Waals surface area (Å²) < 4.78 is 63.7. The summed E-state index contributed by atoms with van der Waals surface area (Å²) in [7, 11) is 0. The van der Waals surface area contributed by atoms with Crippen LogP contribution in [-0.2, 0) is 42.9 Å². The highest BCUT2D eigenvalue weighted by Gasteiger charge is 2.45. The predicted molar refractivity (Wildman–Crippen MR) is 168 cm³/mol. The van der Waals surface area contributed by atoms with Crippen LogP contribution in [0.1, 0.15) is 68.8 Å². The number of ether oxygens (including phenoxy) is 5. The molecule has 0 unspecified atom stereocenters. The number of aliphatic hydroxyl groups is 1. The zero-order valence-corrected chi connectivity index (χ0v) is 27.9. The van der Waals surface area contributed by atoms with Gasteiger partial charge in [0.15, 0.2) is 6.61 Å². The minimum absolute atomic E-state index is 0.00773. The lowest BCUT2D eigenvalue weighted by Crippen LogP contribution is -2.51. The number of carbonyl (C=O) groups excluding carboxylic acids is 5. The number of rotatable bonds is 12. The number of carbonyl (C=O) groups is 5. The van der Waals surface area contributed by atoms with Crippen LogP contribution in [0.2, 0.25) is 0 Å². The minimum atomic E-state index is -4.70. The molecule has 2 saturated heterocycles. The lowest BCUT2D eigenvalue weighted by Gasteiger charge is -2.33. The molecule has 13 nitrogen and oxygen atoms in total. The van der Waals surface area contributed by atoms with Crippen molar-refractivity contribution in [1.82, 2.24) is 10.2 Å². The summed E-state index contributed by atoms with van der Waals surface area (Å²) in [6, 6.07) is 4.35. The van der Waals surface area contributed by atoms with Crippen LogP contribution in [0.3, 0.4) is 0 Å². The maximum absolute atomic E-state index is 13.8. The van der Waals surface area contributed by atoms with Crippen LogP contribution in [0.15, 0.2) is 42.0 Å². The first-order valence-corrected chi connectivity index (χ1v) is 16.1. The zero-order chi connectivity index (χ0) is 36.6. The average molecular weight is 711 g/mol. The number of amides is 2. The van der Waals surface area contributed by atoms with E-state index in [1.165, 1.54) is 23.1 Å². The lowest BCUT2D eigenvalue weighted by atomic mass is 9.91. The molecular weight excluding hydrogens is 669 g/mol. The van der Waals surface area contributed by atoms with E-state index in [1.807, 2.05) is 0 Å². The molecule has 0 bridgehead atoms. The number of fused-ring (bicyclic) bond motifs is 1. The van der Waals surface area contributed by atoms with E-state index >= 15 is 0 Å². The fourth-order valence-electron chi connectivity index (χ4n) is 5.76. The van der Waals surface area contributed by atoms with Crippen LogP contribution in [0.5, 0.6) is 0 Å². The molecule has 2 fully saturated rings. The molecule has 3 aliphatic rings. The Labute approximate surface area is 286 Å². The van der Waals surface area contributed by atoms with Crippen molar-refractivity contribution in [2.24, 2.45) is 0 Å². The Kier molecular flexibility index (Phi) is 12.8. The number of likely N-dealkylation sites (tertiary alicyclic amines) is 1. The van der Waals surface area contributed by atoms with Gasteiger partial charge in [0.25, 0.3) is 0 Å². The molecule has 1 aromatic carbocycles. The molecule has 2 N–H and O–H groups in total. The van der Waals surface area contributed by atoms with E-state index in [2.05, 4.69) is 10.1 Å². The van der Waals surface area contributed by atoms with Crippen molar-refractivity contribution in [2.75, 3.05) is 26.6 Å². The maximum atomic E-state index is 13.8. The van der Waals surface area contributed by atoms with Crippen LogP contribution in [0, 0.1) is 0 Å². The number of benzene rings is 1. The van der Waals surface area contributed by atoms with Gasteiger partial charge in [-0.05, 0) is 63.8 Å². The van der Waals surface area contributed by atoms with Gasteiger partial charge >= 0.3 is 24.1 Å². The van der Waals surface area contributed by atoms with E-state index < -0.39 is 85.1 Å². The van der Waals surface area contributed by atoms with Gasteiger partial charge in [0, 0.05) is 31.0 Å². The molecular formula is C34H41F3N2O11. The highest BCUT2D eigenvalue weighted by atomic mass is 19.4. The molecule has 2 heterocycles. The Balaban J connectivity index is 1.41. The molecule has 0 spiro atoms. The second-order valence-corrected chi connectivity index (χ2v) is 13.0. The summed E-state index contributed by atoms with van der Waals surface area (Å²) in [5, 5.41) is 12.6. The lowest BCUT2D eigenvalue weighted by molar-refractivity contribution is -0.182. The van der Waals surface area contributed by atoms with Crippen molar-refractivity contribution in [3.05, 3.63) is 53.1 Å². The first kappa shape index (κ1) is 38.5. The van der Waals surface area contributed by atoms with Crippen molar-refractivity contribution >= 4 is 35.8 Å². The molecule has 0 radical (unpaired) electrons. The van der Waals surface area contributed by atoms with Gasteiger partial charge in [0.05, 0.1) is 18.2 Å². The fraction of sp³-hybridized carbons (Fsp3) is 0.559. The van der Waals surface area contributed by atoms with Crippen molar-refractivity contribution in [1.29, 1.82) is 0 Å². The standard InChI is InChI=1S/C34H41F3N2O11/c1-33(2,3)50-28(42)13-11-22(17-40)38-30(43)24-9-6-14-39(24)31(44)21-15-25-29(48-19-47-25)26(16-21)49-32(45)23-8-5-4-7-20(23)10-12-27(41)46-18-34(35,36)37/h4-5,7-8,10,12,15,22,24-26,29,40H,6,9,11,13-14,16-19H2,1-3H3,(H,38,43)/t22-,24+,25+,26+,29+/m0/s1. The summed E-state index contributed by atoms with van der Waals surface area (Å²) in [5.41, 5.74) is -0.280. The largest absolute Gasteiger partial charge is 0.460 e. The summed E-state index contributed by atoms with van der Waals surface area (Å²) >= 11 is 0. The van der Waals surface area contributed by atoms with E-state index in [9.17, 15) is 42.3 Å². The Bertz CT molecular complexity index is 1490. The van der Waals surface area contributed by atoms with Gasteiger partial charge in [-0.2, -0.15) is 13.2 Å². The van der Waals surface area contributed by atoms with Gasteiger partial charge in [-0.15, -0.1) is 0 Å². The van der Waals surface area contributed by atoms with Crippen LogP contribution in [0.4, 0.5) is 13.2 Å². The highest BCUT2D eigenvalue weighted by Crippen LogP contribution is 2.33. The van der Waals surface area contributed by atoms with Crippen molar-refractivity contribution in [3.63, 3.8) is 0 Å². The predicted octanol–water partition coefficient (Wildman–Crippen LogP) is 2.99. The second-order valence-electron chi connectivity index (χ2n) is 13.0. The summed E-state index contributed by atoms with van der Waals surface area (Å²) in [5.74, 6) is -3.52. The number of halogens is 3. The van der Waals surface area contributed by atoms with Crippen LogP contribution < -0.4 is 5.32 Å². The number of alkyl halides is 3. The SMILES string of the molecule is CC(C)(C)OC(=O)CC[C@@H](CO)NC(=O)[C@H]1CCCN1C(=O)C1=C[C@H]2OCO[C@H]2[C@H](OC(=O)c2ccccc2C=CC(=O)OCC(F)(F)F)C1. The van der Waals surface area contributed by atoms with Gasteiger partial charge < -0.3 is 39.0 Å². The first-order valence-electron chi connectivity index (χ1n) is 16.1. The molecule has 1 aromatic rings. The average Bonchev–Trinajstić information content (AvgIpc) is 3.74. The number of aliphatic hydroxyl groups excluding tert-OH is 1. The van der Waals surface area contributed by atoms with E-state index in [-0.39, 0.29) is 49.3 Å². The fourth-order valence-corrected chi connectivity index (χ4v) is 5.76. The third-order valence-electron chi connectivity index (χ3n) is 7.99. The van der Waals surface area contributed by atoms with Crippen molar-refractivity contribution in [2.45, 2.75) is 95.0 Å². The third kappa shape index (κ3) is 10.9. The number of hydrogen-bond donors (Lipinski definition) is 2. The summed E-state index contributed by atoms with van der Waals surface area (Å²) in [6.45, 7) is 3.17. The minimum Gasteiger partial charge on any atom is -0.460 e. The van der Waals surface area contributed by atoms with E-state index in [4.69, 9.17) is 18.9 Å². The first-order chi connectivity index (χ1) is 23.5. The van der Waals surface area contributed by atoms with E-state index in [1.54, 1.807) is 32.9 Å². The quantitative estimate of drug-likeness (QED) is 0.186. The molecule has 50 heavy (non-hydrogen) atoms. The number of hydrogen-bond acceptors (Lipinski definition) is 11. The van der Waals surface area contributed by atoms with Crippen LogP contribution in [-0.4, -0.2) is 108 Å². The van der Waals surface area contributed by atoms with Gasteiger partial charge in [-0.25, -0.2) is 9.59 Å². The molecule has 4 rings (SSSR count). The summed E-state index contributed by atoms with van der Waals surface area (Å²) in [4.78, 5) is 65.8. The van der Waals surface area contributed by atoms with E-state index in [0.717, 1.165) is 12.2 Å². The Morgan fingerprint density at radius 3 is 2.56 bits per heavy atom. The molecule has 16 heteroatoms.